The summed E-state index contributed by atoms with van der Waals surface area (Å²) >= 11 is 0. The summed E-state index contributed by atoms with van der Waals surface area (Å²) in [6, 6.07) is 24.4. The summed E-state index contributed by atoms with van der Waals surface area (Å²) in [6.45, 7) is 1.08. The van der Waals surface area contributed by atoms with Gasteiger partial charge in [0.15, 0.2) is 0 Å². The van der Waals surface area contributed by atoms with Crippen LogP contribution >= 0.6 is 0 Å². The van der Waals surface area contributed by atoms with Crippen LogP contribution in [0, 0.1) is 0 Å². The molecule has 0 unspecified atom stereocenters. The lowest BCUT2D eigenvalue weighted by Gasteiger charge is -2.25. The molecule has 5 rings (SSSR count). The van der Waals surface area contributed by atoms with E-state index in [1.807, 2.05) is 72.0 Å². The van der Waals surface area contributed by atoms with Gasteiger partial charge < -0.3 is 9.80 Å². The van der Waals surface area contributed by atoms with Crippen molar-refractivity contribution in [2.45, 2.75) is 13.3 Å². The Labute approximate surface area is 173 Å². The van der Waals surface area contributed by atoms with Crippen LogP contribution in [0.15, 0.2) is 72.8 Å². The molecule has 0 N–H and O–H groups in total. The average Bonchev–Trinajstić information content (AvgIpc) is 3.38. The van der Waals surface area contributed by atoms with E-state index in [0.717, 1.165) is 33.4 Å². The van der Waals surface area contributed by atoms with Crippen LogP contribution in [-0.4, -0.2) is 44.1 Å². The van der Waals surface area contributed by atoms with Crippen molar-refractivity contribution in [1.29, 1.82) is 0 Å². The van der Waals surface area contributed by atoms with Crippen molar-refractivity contribution in [3.63, 3.8) is 0 Å². The molecule has 0 saturated heterocycles. The van der Waals surface area contributed by atoms with E-state index in [0.29, 0.717) is 13.3 Å². The number of hydrogen-bond donors (Lipinski definition) is 0. The topological polar surface area (TPSA) is 67.9 Å². The van der Waals surface area contributed by atoms with Gasteiger partial charge in [-0.25, -0.2) is 9.36 Å². The van der Waals surface area contributed by atoms with Crippen LogP contribution < -0.4 is 9.80 Å². The predicted molar refractivity (Wildman–Crippen MR) is 118 cm³/mol. The highest BCUT2D eigenvalue weighted by molar-refractivity contribution is 5.74. The van der Waals surface area contributed by atoms with Gasteiger partial charge in [0.25, 0.3) is 0 Å². The van der Waals surface area contributed by atoms with Gasteiger partial charge in [0, 0.05) is 25.5 Å². The first-order chi connectivity index (χ1) is 14.7. The zero-order chi connectivity index (χ0) is 20.5. The van der Waals surface area contributed by atoms with E-state index >= 15 is 0 Å². The lowest BCUT2D eigenvalue weighted by molar-refractivity contribution is 0.498. The van der Waals surface area contributed by atoms with Crippen LogP contribution in [-0.2, 0) is 13.3 Å². The fraction of sp³-hybridized carbons (Fsp3) is 0.182. The van der Waals surface area contributed by atoms with Crippen molar-refractivity contribution in [3.05, 3.63) is 72.8 Å². The van der Waals surface area contributed by atoms with Crippen LogP contribution in [0.1, 0.15) is 0 Å². The maximum absolute atomic E-state index is 4.37. The van der Waals surface area contributed by atoms with E-state index in [4.69, 9.17) is 0 Å². The maximum Gasteiger partial charge on any atom is 0.116 e. The summed E-state index contributed by atoms with van der Waals surface area (Å²) in [5.41, 5.74) is 5.97. The number of nitrogens with zero attached hydrogens (tertiary/aromatic N) is 8. The lowest BCUT2D eigenvalue weighted by atomic mass is 10.2. The van der Waals surface area contributed by atoms with Crippen molar-refractivity contribution in [2.24, 2.45) is 0 Å². The molecule has 30 heavy (non-hydrogen) atoms. The number of anilines is 2. The molecule has 0 amide bonds. The zero-order valence-electron chi connectivity index (χ0n) is 16.9. The minimum absolute atomic E-state index is 0.538. The highest BCUT2D eigenvalue weighted by atomic mass is 15.5. The first-order valence-corrected chi connectivity index (χ1v) is 9.78. The number of fused-ring (bicyclic) bond motifs is 2. The molecule has 0 saturated carbocycles. The maximum atomic E-state index is 4.37. The molecule has 3 aromatic carbocycles. The van der Waals surface area contributed by atoms with Crippen LogP contribution in [0.2, 0.25) is 0 Å². The Morgan fingerprint density at radius 2 is 1.10 bits per heavy atom. The number of rotatable bonds is 6. The number of aromatic nitrogens is 6. The molecule has 0 fully saturated rings. The minimum Gasteiger partial charge on any atom is -0.378 e. The molecule has 0 spiro atoms. The minimum atomic E-state index is 0.538. The van der Waals surface area contributed by atoms with E-state index < -0.39 is 0 Å². The Morgan fingerprint density at radius 1 is 0.633 bits per heavy atom. The SMILES string of the molecule is CN(C)c1ccc(N(Cn2nnc3ccccc32)Cn2nnc3ccccc32)cc1. The molecule has 0 bridgehead atoms. The molecule has 8 heteroatoms. The third-order valence-electron chi connectivity index (χ3n) is 5.18. The molecule has 0 aliphatic carbocycles. The zero-order valence-corrected chi connectivity index (χ0v) is 16.9. The van der Waals surface area contributed by atoms with E-state index in [1.165, 1.54) is 0 Å². The molecule has 0 aliphatic heterocycles. The normalized spacial score (nSPS) is 11.3. The third kappa shape index (κ3) is 3.32. The van der Waals surface area contributed by atoms with Crippen molar-refractivity contribution in [1.82, 2.24) is 30.0 Å². The largest absolute Gasteiger partial charge is 0.378 e. The summed E-state index contributed by atoms with van der Waals surface area (Å²) in [5.74, 6) is 0. The number of para-hydroxylation sites is 2. The summed E-state index contributed by atoms with van der Waals surface area (Å²) in [6.07, 6.45) is 0. The Bertz CT molecular complexity index is 1210. The first kappa shape index (κ1) is 18.1. The van der Waals surface area contributed by atoms with E-state index in [-0.39, 0.29) is 0 Å². The molecular formula is C22H22N8. The van der Waals surface area contributed by atoms with Gasteiger partial charge in [-0.05, 0) is 48.5 Å². The van der Waals surface area contributed by atoms with Crippen LogP contribution in [0.25, 0.3) is 22.1 Å². The second-order valence-electron chi connectivity index (χ2n) is 7.39. The van der Waals surface area contributed by atoms with Crippen LogP contribution in [0.3, 0.4) is 0 Å². The fourth-order valence-corrected chi connectivity index (χ4v) is 3.54. The van der Waals surface area contributed by atoms with E-state index in [1.54, 1.807) is 0 Å². The molecular weight excluding hydrogens is 376 g/mol. The Hall–Kier alpha value is -3.94. The van der Waals surface area contributed by atoms with Gasteiger partial charge in [0.1, 0.15) is 24.4 Å². The Balaban J connectivity index is 1.53. The standard InChI is InChI=1S/C22H22N8/c1-27(2)17-11-13-18(14-12-17)28(15-29-21-9-5-3-7-19(21)23-25-29)16-30-22-10-6-4-8-20(22)24-26-30/h3-14H,15-16H2,1-2H3. The van der Waals surface area contributed by atoms with Crippen molar-refractivity contribution >= 4 is 33.4 Å². The highest BCUT2D eigenvalue weighted by Crippen LogP contribution is 2.22. The third-order valence-corrected chi connectivity index (χ3v) is 5.18. The lowest BCUT2D eigenvalue weighted by Crippen LogP contribution is -2.30. The molecule has 0 aliphatic rings. The second kappa shape index (κ2) is 7.47. The van der Waals surface area contributed by atoms with Crippen molar-refractivity contribution in [3.8, 4) is 0 Å². The summed E-state index contributed by atoms with van der Waals surface area (Å²) < 4.78 is 3.82. The van der Waals surface area contributed by atoms with Gasteiger partial charge in [0.2, 0.25) is 0 Å². The van der Waals surface area contributed by atoms with Gasteiger partial charge in [0.05, 0.1) is 11.0 Å². The molecule has 8 nitrogen and oxygen atoms in total. The van der Waals surface area contributed by atoms with Gasteiger partial charge in [-0.15, -0.1) is 10.2 Å². The van der Waals surface area contributed by atoms with E-state index in [2.05, 4.69) is 54.7 Å². The monoisotopic (exact) mass is 398 g/mol. The second-order valence-corrected chi connectivity index (χ2v) is 7.39. The van der Waals surface area contributed by atoms with Gasteiger partial charge >= 0.3 is 0 Å². The van der Waals surface area contributed by atoms with Crippen molar-refractivity contribution in [2.75, 3.05) is 23.9 Å². The Kier molecular flexibility index (Phi) is 4.51. The van der Waals surface area contributed by atoms with Gasteiger partial charge in [-0.3, -0.25) is 0 Å². The molecule has 0 atom stereocenters. The average molecular weight is 398 g/mol. The summed E-state index contributed by atoms with van der Waals surface area (Å²) in [4.78, 5) is 4.30. The predicted octanol–water partition coefficient (Wildman–Crippen LogP) is 3.36. The smallest absolute Gasteiger partial charge is 0.116 e. The summed E-state index contributed by atoms with van der Waals surface area (Å²) in [5, 5.41) is 17.3. The first-order valence-electron chi connectivity index (χ1n) is 9.78. The molecule has 0 radical (unpaired) electrons. The molecule has 2 heterocycles. The van der Waals surface area contributed by atoms with Crippen LogP contribution in [0.4, 0.5) is 11.4 Å². The Morgan fingerprint density at radius 3 is 1.60 bits per heavy atom. The van der Waals surface area contributed by atoms with Crippen molar-refractivity contribution < 1.29 is 0 Å². The van der Waals surface area contributed by atoms with Gasteiger partial charge in [-0.1, -0.05) is 34.7 Å². The van der Waals surface area contributed by atoms with Crippen LogP contribution in [0.5, 0.6) is 0 Å². The molecule has 5 aromatic rings. The van der Waals surface area contributed by atoms with E-state index in [9.17, 15) is 0 Å². The number of benzene rings is 3. The highest BCUT2D eigenvalue weighted by Gasteiger charge is 2.14. The number of hydrogen-bond acceptors (Lipinski definition) is 6. The van der Waals surface area contributed by atoms with Gasteiger partial charge in [-0.2, -0.15) is 0 Å². The fourth-order valence-electron chi connectivity index (χ4n) is 3.54. The summed E-state index contributed by atoms with van der Waals surface area (Å²) in [7, 11) is 4.08. The molecule has 2 aromatic heterocycles. The molecule has 150 valence electrons. The quantitative estimate of drug-likeness (QED) is 0.437.